The number of anilines is 1. The van der Waals surface area contributed by atoms with Crippen LogP contribution in [0.1, 0.15) is 0 Å². The molecule has 0 aromatic carbocycles. The van der Waals surface area contributed by atoms with E-state index in [2.05, 4.69) is 4.98 Å². The molecular weight excluding hydrogens is 290 g/mol. The van der Waals surface area contributed by atoms with Crippen molar-refractivity contribution in [2.45, 2.75) is 6.04 Å². The quantitative estimate of drug-likeness (QED) is 0.657. The molecule has 0 radical (unpaired) electrons. The molecule has 1 N–H and O–H groups in total. The molecule has 1 aromatic heterocycles. The van der Waals surface area contributed by atoms with Gasteiger partial charge in [-0.1, -0.05) is 11.6 Å². The van der Waals surface area contributed by atoms with Gasteiger partial charge in [0.2, 0.25) is 0 Å². The summed E-state index contributed by atoms with van der Waals surface area (Å²) in [5.74, 6) is -1.36. The number of nitrogens with zero attached hydrogens (tertiary/aromatic N) is 3. The molecule has 2 heterocycles. The third-order valence-electron chi connectivity index (χ3n) is 3.22. The molecule has 20 heavy (non-hydrogen) atoms. The molecule has 1 aliphatic rings. The van der Waals surface area contributed by atoms with Crippen LogP contribution in [0.3, 0.4) is 0 Å². The lowest BCUT2D eigenvalue weighted by Gasteiger charge is -2.27. The monoisotopic (exact) mass is 301 g/mol. The largest absolute Gasteiger partial charge is 0.481 e. The van der Waals surface area contributed by atoms with Crippen molar-refractivity contribution in [2.75, 3.05) is 25.2 Å². The predicted octanol–water partition coefficient (Wildman–Crippen LogP) is 1.18. The number of aliphatic carboxylic acids is 1. The molecule has 0 spiro atoms. The second-order valence-electron chi connectivity index (χ2n) is 4.42. The number of likely N-dealkylation sites (N-methyl/N-ethyl adjacent to an activating group) is 1. The number of carboxylic acid groups (broad SMARTS) is 1. The second-order valence-corrected chi connectivity index (χ2v) is 4.82. The molecule has 0 bridgehead atoms. The third kappa shape index (κ3) is 2.66. The predicted molar refractivity (Wildman–Crippen MR) is 70.0 cm³/mol. The van der Waals surface area contributed by atoms with E-state index in [4.69, 9.17) is 21.4 Å². The summed E-state index contributed by atoms with van der Waals surface area (Å²) in [6.07, 6.45) is 1.09. The van der Waals surface area contributed by atoms with Gasteiger partial charge in [-0.3, -0.25) is 14.9 Å². The number of pyridine rings is 1. The molecular formula is C11H12ClN3O5. The van der Waals surface area contributed by atoms with Crippen LogP contribution in [0.25, 0.3) is 0 Å². The van der Waals surface area contributed by atoms with Crippen LogP contribution in [0, 0.1) is 16.0 Å². The summed E-state index contributed by atoms with van der Waals surface area (Å²) in [5, 5.41) is 19.8. The van der Waals surface area contributed by atoms with E-state index in [1.165, 1.54) is 6.07 Å². The summed E-state index contributed by atoms with van der Waals surface area (Å²) in [6.45, 7) is 0.359. The number of ether oxygens (including phenoxy) is 1. The first-order chi connectivity index (χ1) is 9.41. The molecule has 1 fully saturated rings. The van der Waals surface area contributed by atoms with Gasteiger partial charge in [-0.15, -0.1) is 0 Å². The van der Waals surface area contributed by atoms with Gasteiger partial charge in [0.25, 0.3) is 5.69 Å². The normalized spacial score (nSPS) is 21.7. The first-order valence-corrected chi connectivity index (χ1v) is 6.13. The molecule has 2 atom stereocenters. The van der Waals surface area contributed by atoms with Crippen LogP contribution in [-0.2, 0) is 9.53 Å². The molecule has 8 nitrogen and oxygen atoms in total. The van der Waals surface area contributed by atoms with Crippen LogP contribution in [-0.4, -0.2) is 47.3 Å². The third-order valence-corrected chi connectivity index (χ3v) is 3.50. The van der Waals surface area contributed by atoms with Crippen LogP contribution < -0.4 is 4.90 Å². The van der Waals surface area contributed by atoms with Crippen molar-refractivity contribution in [1.29, 1.82) is 0 Å². The molecule has 0 saturated carbocycles. The zero-order valence-electron chi connectivity index (χ0n) is 10.5. The highest BCUT2D eigenvalue weighted by atomic mass is 35.5. The number of aromatic nitrogens is 1. The van der Waals surface area contributed by atoms with Gasteiger partial charge in [-0.05, 0) is 0 Å². The number of hydrogen-bond donors (Lipinski definition) is 1. The molecule has 1 aromatic rings. The SMILES string of the molecule is CN(c1ncc([N+](=O)[O-])cc1Cl)C1COCC1C(=O)O. The Balaban J connectivity index is 2.27. The average molecular weight is 302 g/mol. The van der Waals surface area contributed by atoms with Gasteiger partial charge < -0.3 is 14.7 Å². The molecule has 1 saturated heterocycles. The van der Waals surface area contributed by atoms with E-state index in [1.54, 1.807) is 11.9 Å². The Morgan fingerprint density at radius 3 is 2.90 bits per heavy atom. The van der Waals surface area contributed by atoms with Crippen molar-refractivity contribution in [3.05, 3.63) is 27.4 Å². The summed E-state index contributed by atoms with van der Waals surface area (Å²) in [6, 6.07) is 0.769. The number of carbonyl (C=O) groups is 1. The van der Waals surface area contributed by atoms with Crippen molar-refractivity contribution in [1.82, 2.24) is 4.98 Å². The van der Waals surface area contributed by atoms with Crippen molar-refractivity contribution in [3.8, 4) is 0 Å². The fraction of sp³-hybridized carbons (Fsp3) is 0.455. The number of nitro groups is 1. The Morgan fingerprint density at radius 2 is 2.35 bits per heavy atom. The highest BCUT2D eigenvalue weighted by molar-refractivity contribution is 6.33. The topological polar surface area (TPSA) is 106 Å². The maximum Gasteiger partial charge on any atom is 0.311 e. The Morgan fingerprint density at radius 1 is 1.65 bits per heavy atom. The number of hydrogen-bond acceptors (Lipinski definition) is 6. The Labute approximate surface area is 119 Å². The van der Waals surface area contributed by atoms with Crippen LogP contribution >= 0.6 is 11.6 Å². The Bertz CT molecular complexity index is 553. The minimum atomic E-state index is -0.961. The Kier molecular flexibility index (Phi) is 4.05. The van der Waals surface area contributed by atoms with Gasteiger partial charge >= 0.3 is 5.97 Å². The fourth-order valence-electron chi connectivity index (χ4n) is 2.10. The molecule has 2 rings (SSSR count). The van der Waals surface area contributed by atoms with Crippen LogP contribution in [0.15, 0.2) is 12.3 Å². The molecule has 0 aliphatic carbocycles. The molecule has 0 amide bonds. The Hall–Kier alpha value is -1.93. The van der Waals surface area contributed by atoms with Gasteiger partial charge in [-0.2, -0.15) is 0 Å². The van der Waals surface area contributed by atoms with E-state index in [0.29, 0.717) is 5.82 Å². The standard InChI is InChI=1S/C11H12ClN3O5/c1-14(9-5-20-4-7(9)11(16)17)10-8(12)2-6(3-13-10)15(18)19/h2-3,7,9H,4-5H2,1H3,(H,16,17). The van der Waals surface area contributed by atoms with Crippen molar-refractivity contribution >= 4 is 29.1 Å². The summed E-state index contributed by atoms with van der Waals surface area (Å²) < 4.78 is 5.17. The zero-order chi connectivity index (χ0) is 14.9. The summed E-state index contributed by atoms with van der Waals surface area (Å²) in [4.78, 5) is 26.7. The van der Waals surface area contributed by atoms with Gasteiger partial charge in [0, 0.05) is 13.1 Å². The molecule has 1 aliphatic heterocycles. The van der Waals surface area contributed by atoms with Crippen molar-refractivity contribution in [2.24, 2.45) is 5.92 Å². The van der Waals surface area contributed by atoms with Gasteiger partial charge in [0.05, 0.1) is 29.2 Å². The summed E-state index contributed by atoms with van der Waals surface area (Å²) >= 11 is 5.98. The van der Waals surface area contributed by atoms with Crippen molar-refractivity contribution in [3.63, 3.8) is 0 Å². The fourth-order valence-corrected chi connectivity index (χ4v) is 2.39. The lowest BCUT2D eigenvalue weighted by molar-refractivity contribution is -0.385. The molecule has 2 unspecified atom stereocenters. The van der Waals surface area contributed by atoms with E-state index in [-0.39, 0.29) is 23.9 Å². The smallest absolute Gasteiger partial charge is 0.311 e. The lowest BCUT2D eigenvalue weighted by Crippen LogP contribution is -2.41. The average Bonchev–Trinajstić information content (AvgIpc) is 2.87. The van der Waals surface area contributed by atoms with E-state index >= 15 is 0 Å². The molecule has 9 heteroatoms. The minimum absolute atomic E-state index is 0.0951. The van der Waals surface area contributed by atoms with Gasteiger partial charge in [-0.25, -0.2) is 4.98 Å². The van der Waals surface area contributed by atoms with E-state index in [0.717, 1.165) is 6.20 Å². The van der Waals surface area contributed by atoms with Crippen LogP contribution in [0.2, 0.25) is 5.02 Å². The van der Waals surface area contributed by atoms with Crippen LogP contribution in [0.5, 0.6) is 0 Å². The maximum absolute atomic E-state index is 11.1. The van der Waals surface area contributed by atoms with Crippen LogP contribution in [0.4, 0.5) is 11.5 Å². The van der Waals surface area contributed by atoms with E-state index in [9.17, 15) is 14.9 Å². The number of rotatable bonds is 4. The first kappa shape index (κ1) is 14.5. The number of carboxylic acids is 1. The molecule has 108 valence electrons. The summed E-state index contributed by atoms with van der Waals surface area (Å²) in [5.41, 5.74) is -0.218. The minimum Gasteiger partial charge on any atom is -0.481 e. The van der Waals surface area contributed by atoms with Gasteiger partial charge in [0.1, 0.15) is 17.9 Å². The number of halogens is 1. The summed E-state index contributed by atoms with van der Waals surface area (Å²) in [7, 11) is 1.63. The maximum atomic E-state index is 11.1. The van der Waals surface area contributed by atoms with Gasteiger partial charge in [0.15, 0.2) is 0 Å². The highest BCUT2D eigenvalue weighted by Gasteiger charge is 2.37. The second kappa shape index (κ2) is 5.59. The van der Waals surface area contributed by atoms with E-state index in [1.807, 2.05) is 0 Å². The lowest BCUT2D eigenvalue weighted by atomic mass is 10.0. The van der Waals surface area contributed by atoms with Crippen molar-refractivity contribution < 1.29 is 19.6 Å². The first-order valence-electron chi connectivity index (χ1n) is 5.75. The zero-order valence-corrected chi connectivity index (χ0v) is 11.3. The van der Waals surface area contributed by atoms with E-state index < -0.39 is 22.9 Å². The highest BCUT2D eigenvalue weighted by Crippen LogP contribution is 2.30.